The molecule has 142 valence electrons. The first-order valence-electron chi connectivity index (χ1n) is 8.42. The first-order chi connectivity index (χ1) is 12.0. The van der Waals surface area contributed by atoms with Gasteiger partial charge in [-0.15, -0.1) is 0 Å². The summed E-state index contributed by atoms with van der Waals surface area (Å²) < 4.78 is 32.2. The number of benzene rings is 2. The molecule has 3 rings (SSSR count). The molecule has 7 heteroatoms. The number of halogens is 1. The van der Waals surface area contributed by atoms with Gasteiger partial charge in [-0.25, -0.2) is 8.42 Å². The van der Waals surface area contributed by atoms with E-state index in [2.05, 4.69) is 24.0 Å². The Bertz CT molecular complexity index is 817. The summed E-state index contributed by atoms with van der Waals surface area (Å²) in [7, 11) is -1.87. The Morgan fingerprint density at radius 3 is 2.15 bits per heavy atom. The standard InChI is InChI=1S/C19H24N2O3S.ClH/c1-16-5-3-4-6-17(16)15-20-11-13-21(14-12-20)25(22,23)19-9-7-18(24-2)8-10-19;/h3-10H,11-15H2,1-2H3;1H/p-1. The fraction of sp³-hybridized carbons (Fsp3) is 0.368. The molecular weight excluding hydrogens is 372 g/mol. The van der Waals surface area contributed by atoms with Gasteiger partial charge in [0.05, 0.1) is 12.0 Å². The average molecular weight is 396 g/mol. The lowest BCUT2D eigenvalue weighted by molar-refractivity contribution is -0.00000814. The maximum Gasteiger partial charge on any atom is 0.243 e. The van der Waals surface area contributed by atoms with Crippen molar-refractivity contribution < 1.29 is 25.6 Å². The Hall–Kier alpha value is -1.60. The third-order valence-electron chi connectivity index (χ3n) is 4.68. The lowest BCUT2D eigenvalue weighted by atomic mass is 10.1. The summed E-state index contributed by atoms with van der Waals surface area (Å²) in [6.45, 7) is 5.48. The fourth-order valence-corrected chi connectivity index (χ4v) is 4.48. The van der Waals surface area contributed by atoms with Gasteiger partial charge in [0, 0.05) is 32.7 Å². The van der Waals surface area contributed by atoms with E-state index in [9.17, 15) is 8.42 Å². The first-order valence-corrected chi connectivity index (χ1v) is 9.86. The predicted molar refractivity (Wildman–Crippen MR) is 98.2 cm³/mol. The van der Waals surface area contributed by atoms with Gasteiger partial charge in [-0.2, -0.15) is 4.31 Å². The van der Waals surface area contributed by atoms with Gasteiger partial charge in [0.1, 0.15) is 5.75 Å². The van der Waals surface area contributed by atoms with E-state index in [0.717, 1.165) is 19.6 Å². The maximum absolute atomic E-state index is 12.8. The summed E-state index contributed by atoms with van der Waals surface area (Å²) in [5.41, 5.74) is 2.57. The van der Waals surface area contributed by atoms with Crippen LogP contribution >= 0.6 is 0 Å². The zero-order valence-electron chi connectivity index (χ0n) is 15.1. The zero-order chi connectivity index (χ0) is 17.9. The molecule has 0 atom stereocenters. The molecule has 0 radical (unpaired) electrons. The second-order valence-electron chi connectivity index (χ2n) is 6.28. The summed E-state index contributed by atoms with van der Waals surface area (Å²) >= 11 is 0. The number of ether oxygens (including phenoxy) is 1. The van der Waals surface area contributed by atoms with Crippen LogP contribution in [0.5, 0.6) is 5.75 Å². The second-order valence-corrected chi connectivity index (χ2v) is 8.22. The Labute approximate surface area is 162 Å². The average Bonchev–Trinajstić information content (AvgIpc) is 2.64. The third-order valence-corrected chi connectivity index (χ3v) is 6.60. The number of methoxy groups -OCH3 is 1. The summed E-state index contributed by atoms with van der Waals surface area (Å²) in [6, 6.07) is 14.9. The second kappa shape index (κ2) is 8.86. The number of sulfonamides is 1. The van der Waals surface area contributed by atoms with Gasteiger partial charge in [0.2, 0.25) is 10.0 Å². The fourth-order valence-electron chi connectivity index (χ4n) is 3.05. The molecule has 0 spiro atoms. The van der Waals surface area contributed by atoms with Crippen molar-refractivity contribution in [2.75, 3.05) is 33.3 Å². The lowest BCUT2D eigenvalue weighted by Gasteiger charge is -2.34. The van der Waals surface area contributed by atoms with Crippen molar-refractivity contribution in [1.82, 2.24) is 9.21 Å². The van der Waals surface area contributed by atoms with Crippen molar-refractivity contribution >= 4 is 10.0 Å². The summed E-state index contributed by atoms with van der Waals surface area (Å²) in [6.07, 6.45) is 0. The van der Waals surface area contributed by atoms with Crippen LogP contribution in [0.15, 0.2) is 53.4 Å². The molecule has 0 saturated carbocycles. The van der Waals surface area contributed by atoms with E-state index in [-0.39, 0.29) is 12.4 Å². The smallest absolute Gasteiger partial charge is 0.243 e. The molecule has 0 aromatic heterocycles. The highest BCUT2D eigenvalue weighted by Gasteiger charge is 2.28. The molecule has 5 nitrogen and oxygen atoms in total. The van der Waals surface area contributed by atoms with E-state index in [1.165, 1.54) is 11.1 Å². The molecule has 0 amide bonds. The van der Waals surface area contributed by atoms with Crippen molar-refractivity contribution in [3.05, 3.63) is 59.7 Å². The number of piperazine rings is 1. The van der Waals surface area contributed by atoms with Crippen molar-refractivity contribution in [1.29, 1.82) is 0 Å². The van der Waals surface area contributed by atoms with Gasteiger partial charge in [0.25, 0.3) is 0 Å². The Balaban J connectivity index is 0.00000243. The molecule has 1 aliphatic rings. The molecule has 2 aromatic carbocycles. The minimum atomic E-state index is -3.44. The van der Waals surface area contributed by atoms with Gasteiger partial charge in [-0.3, -0.25) is 4.90 Å². The van der Waals surface area contributed by atoms with Gasteiger partial charge in [0.15, 0.2) is 0 Å². The van der Waals surface area contributed by atoms with Crippen LogP contribution in [0.1, 0.15) is 11.1 Å². The van der Waals surface area contributed by atoms with Gasteiger partial charge >= 0.3 is 0 Å². The lowest BCUT2D eigenvalue weighted by Crippen LogP contribution is -3.00. The normalized spacial score (nSPS) is 16.1. The number of aryl methyl sites for hydroxylation is 1. The minimum absolute atomic E-state index is 0. The van der Waals surface area contributed by atoms with Crippen molar-refractivity contribution in [3.8, 4) is 5.75 Å². The van der Waals surface area contributed by atoms with Crippen molar-refractivity contribution in [2.45, 2.75) is 18.4 Å². The Morgan fingerprint density at radius 1 is 0.962 bits per heavy atom. The topological polar surface area (TPSA) is 49.9 Å². The van der Waals surface area contributed by atoms with E-state index < -0.39 is 10.0 Å². The number of nitrogens with zero attached hydrogens (tertiary/aromatic N) is 2. The van der Waals surface area contributed by atoms with Crippen molar-refractivity contribution in [3.63, 3.8) is 0 Å². The zero-order valence-corrected chi connectivity index (χ0v) is 16.6. The molecule has 1 saturated heterocycles. The monoisotopic (exact) mass is 395 g/mol. The summed E-state index contributed by atoms with van der Waals surface area (Å²) in [4.78, 5) is 2.63. The largest absolute Gasteiger partial charge is 1.00 e. The van der Waals surface area contributed by atoms with E-state index >= 15 is 0 Å². The molecule has 2 aromatic rings. The molecular formula is C19H24ClN2O3S-. The van der Waals surface area contributed by atoms with E-state index in [0.29, 0.717) is 23.7 Å². The number of rotatable bonds is 5. The highest BCUT2D eigenvalue weighted by Crippen LogP contribution is 2.21. The van der Waals surface area contributed by atoms with E-state index in [1.54, 1.807) is 35.7 Å². The molecule has 1 heterocycles. The summed E-state index contributed by atoms with van der Waals surface area (Å²) in [5, 5.41) is 0. The van der Waals surface area contributed by atoms with Crippen LogP contribution in [0, 0.1) is 6.92 Å². The molecule has 0 aliphatic carbocycles. The highest BCUT2D eigenvalue weighted by molar-refractivity contribution is 7.89. The van der Waals surface area contributed by atoms with Gasteiger partial charge in [-0.1, -0.05) is 24.3 Å². The SMILES string of the molecule is COc1ccc(S(=O)(=O)N2CCN(Cc3ccccc3C)CC2)cc1.[Cl-]. The van der Waals surface area contributed by atoms with Crippen LogP contribution in [0.25, 0.3) is 0 Å². The maximum atomic E-state index is 12.8. The molecule has 0 unspecified atom stereocenters. The highest BCUT2D eigenvalue weighted by atomic mass is 35.5. The van der Waals surface area contributed by atoms with Crippen LogP contribution in [0.3, 0.4) is 0 Å². The molecule has 0 bridgehead atoms. The van der Waals surface area contributed by atoms with Crippen LogP contribution in [0.4, 0.5) is 0 Å². The van der Waals surface area contributed by atoms with Crippen LogP contribution in [0.2, 0.25) is 0 Å². The molecule has 26 heavy (non-hydrogen) atoms. The molecule has 0 N–H and O–H groups in total. The van der Waals surface area contributed by atoms with E-state index in [4.69, 9.17) is 4.74 Å². The van der Waals surface area contributed by atoms with E-state index in [1.807, 2.05) is 12.1 Å². The minimum Gasteiger partial charge on any atom is -1.00 e. The van der Waals surface area contributed by atoms with Crippen LogP contribution in [-0.4, -0.2) is 50.9 Å². The van der Waals surface area contributed by atoms with Gasteiger partial charge in [-0.05, 0) is 42.3 Å². The Morgan fingerprint density at radius 2 is 1.58 bits per heavy atom. The quantitative estimate of drug-likeness (QED) is 0.686. The van der Waals surface area contributed by atoms with Crippen LogP contribution in [-0.2, 0) is 16.6 Å². The summed E-state index contributed by atoms with van der Waals surface area (Å²) in [5.74, 6) is 0.655. The molecule has 1 fully saturated rings. The number of hydrogen-bond donors (Lipinski definition) is 0. The van der Waals surface area contributed by atoms with Crippen molar-refractivity contribution in [2.24, 2.45) is 0 Å². The van der Waals surface area contributed by atoms with Crippen LogP contribution < -0.4 is 17.1 Å². The predicted octanol–water partition coefficient (Wildman–Crippen LogP) is -0.486. The Kier molecular flexibility index (Phi) is 7.06. The molecule has 1 aliphatic heterocycles. The third kappa shape index (κ3) is 4.57. The number of hydrogen-bond acceptors (Lipinski definition) is 4. The van der Waals surface area contributed by atoms with Gasteiger partial charge < -0.3 is 17.1 Å². The first kappa shape index (κ1) is 20.7.